The maximum absolute atomic E-state index is 12.5. The lowest BCUT2D eigenvalue weighted by atomic mass is 10.2. The lowest BCUT2D eigenvalue weighted by Crippen LogP contribution is -2.50. The third-order valence-corrected chi connectivity index (χ3v) is 5.44. The van der Waals surface area contributed by atoms with E-state index in [0.29, 0.717) is 6.61 Å². The Kier molecular flexibility index (Phi) is 9.84. The van der Waals surface area contributed by atoms with Crippen molar-refractivity contribution in [3.8, 4) is 0 Å². The van der Waals surface area contributed by atoms with Crippen molar-refractivity contribution in [1.82, 2.24) is 10.6 Å². The van der Waals surface area contributed by atoms with Crippen LogP contribution in [0.5, 0.6) is 0 Å². The van der Waals surface area contributed by atoms with Gasteiger partial charge in [0, 0.05) is 8.07 Å². The normalized spacial score (nSPS) is 12.5. The highest BCUT2D eigenvalue weighted by molar-refractivity contribution is 6.76. The maximum Gasteiger partial charge on any atom is 0.408 e. The number of rotatable bonds is 9. The number of carbonyl (C=O) groups is 3. The first-order chi connectivity index (χ1) is 13.9. The minimum atomic E-state index is -1.33. The molecule has 1 aromatic rings. The van der Waals surface area contributed by atoms with E-state index in [-0.39, 0.29) is 13.2 Å². The van der Waals surface area contributed by atoms with E-state index in [9.17, 15) is 14.4 Å². The summed E-state index contributed by atoms with van der Waals surface area (Å²) in [4.78, 5) is 36.5. The van der Waals surface area contributed by atoms with Crippen molar-refractivity contribution in [2.24, 2.45) is 0 Å². The van der Waals surface area contributed by atoms with Gasteiger partial charge in [-0.3, -0.25) is 0 Å². The zero-order valence-corrected chi connectivity index (χ0v) is 19.7. The third-order valence-electron chi connectivity index (χ3n) is 3.74. The summed E-state index contributed by atoms with van der Waals surface area (Å²) >= 11 is 0. The second kappa shape index (κ2) is 11.6. The van der Waals surface area contributed by atoms with E-state index in [1.807, 2.05) is 30.3 Å². The topological polar surface area (TPSA) is 103 Å². The molecule has 2 N–H and O–H groups in total. The molecule has 9 heteroatoms. The molecule has 0 spiro atoms. The van der Waals surface area contributed by atoms with Gasteiger partial charge in [0.15, 0.2) is 0 Å². The van der Waals surface area contributed by atoms with Gasteiger partial charge >= 0.3 is 18.2 Å². The molecule has 8 nitrogen and oxygen atoms in total. The molecule has 1 atom stereocenters. The molecule has 0 aliphatic heterocycles. The Labute approximate surface area is 179 Å². The van der Waals surface area contributed by atoms with Gasteiger partial charge < -0.3 is 24.8 Å². The quantitative estimate of drug-likeness (QED) is 0.346. The zero-order chi connectivity index (χ0) is 22.8. The first-order valence-electron chi connectivity index (χ1n) is 9.96. The summed E-state index contributed by atoms with van der Waals surface area (Å²) in [5.41, 5.74) is 0.0757. The zero-order valence-electron chi connectivity index (χ0n) is 18.7. The van der Waals surface area contributed by atoms with Gasteiger partial charge in [-0.2, -0.15) is 0 Å². The minimum Gasteiger partial charge on any atom is -0.459 e. The van der Waals surface area contributed by atoms with Crippen LogP contribution in [-0.4, -0.2) is 51.0 Å². The smallest absolute Gasteiger partial charge is 0.408 e. The average molecular weight is 439 g/mol. The Bertz CT molecular complexity index is 698. The van der Waals surface area contributed by atoms with Crippen LogP contribution in [0.15, 0.2) is 30.3 Å². The number of amides is 2. The fraction of sp³-hybridized carbons (Fsp3) is 0.571. The van der Waals surface area contributed by atoms with Gasteiger partial charge in [-0.25, -0.2) is 14.4 Å². The van der Waals surface area contributed by atoms with E-state index in [1.165, 1.54) is 0 Å². The van der Waals surface area contributed by atoms with E-state index in [1.54, 1.807) is 20.8 Å². The molecule has 0 aromatic heterocycles. The summed E-state index contributed by atoms with van der Waals surface area (Å²) in [6, 6.07) is 8.87. The van der Waals surface area contributed by atoms with Crippen LogP contribution in [0.3, 0.4) is 0 Å². The van der Waals surface area contributed by atoms with Crippen molar-refractivity contribution < 1.29 is 28.6 Å². The molecule has 1 aromatic carbocycles. The molecule has 0 saturated carbocycles. The van der Waals surface area contributed by atoms with E-state index in [2.05, 4.69) is 30.3 Å². The lowest BCUT2D eigenvalue weighted by Gasteiger charge is -2.23. The summed E-state index contributed by atoms with van der Waals surface area (Å²) in [5.74, 6) is -0.688. The van der Waals surface area contributed by atoms with E-state index < -0.39 is 37.9 Å². The molecule has 0 radical (unpaired) electrons. The van der Waals surface area contributed by atoms with Crippen molar-refractivity contribution in [2.45, 2.75) is 64.7 Å². The van der Waals surface area contributed by atoms with Crippen LogP contribution in [0.25, 0.3) is 0 Å². The van der Waals surface area contributed by atoms with Crippen LogP contribution in [0.1, 0.15) is 26.3 Å². The van der Waals surface area contributed by atoms with Gasteiger partial charge in [-0.05, 0) is 32.4 Å². The van der Waals surface area contributed by atoms with Crippen LogP contribution in [0, 0.1) is 0 Å². The molecule has 0 fully saturated rings. The van der Waals surface area contributed by atoms with E-state index in [4.69, 9.17) is 14.2 Å². The van der Waals surface area contributed by atoms with Gasteiger partial charge in [0.1, 0.15) is 18.2 Å². The van der Waals surface area contributed by atoms with Gasteiger partial charge in [0.25, 0.3) is 0 Å². The fourth-order valence-electron chi connectivity index (χ4n) is 2.16. The van der Waals surface area contributed by atoms with Crippen molar-refractivity contribution in [3.63, 3.8) is 0 Å². The van der Waals surface area contributed by atoms with Crippen LogP contribution < -0.4 is 10.6 Å². The van der Waals surface area contributed by atoms with E-state index in [0.717, 1.165) is 11.6 Å². The molecule has 0 unspecified atom stereocenters. The second-order valence-electron chi connectivity index (χ2n) is 9.12. The second-order valence-corrected chi connectivity index (χ2v) is 14.7. The van der Waals surface area contributed by atoms with Crippen LogP contribution in [0.2, 0.25) is 25.7 Å². The summed E-state index contributed by atoms with van der Waals surface area (Å²) < 4.78 is 15.6. The molecule has 0 saturated heterocycles. The summed E-state index contributed by atoms with van der Waals surface area (Å²) in [5, 5.41) is 4.95. The molecule has 0 heterocycles. The first kappa shape index (κ1) is 25.5. The highest BCUT2D eigenvalue weighted by Gasteiger charge is 2.26. The molecule has 0 bridgehead atoms. The molecule has 0 aliphatic carbocycles. The predicted molar refractivity (Wildman–Crippen MR) is 117 cm³/mol. The average Bonchev–Trinajstić information content (AvgIpc) is 2.61. The van der Waals surface area contributed by atoms with Crippen molar-refractivity contribution in [1.29, 1.82) is 0 Å². The van der Waals surface area contributed by atoms with Gasteiger partial charge in [0.05, 0.1) is 13.2 Å². The predicted octanol–water partition coefficient (Wildman–Crippen LogP) is 3.69. The third kappa shape index (κ3) is 12.1. The Balaban J connectivity index is 2.63. The van der Waals surface area contributed by atoms with Gasteiger partial charge in [0.2, 0.25) is 0 Å². The SMILES string of the molecule is CC(C)(C)OC(=O)N[C@H](CNC(=O)OCC[Si](C)(C)C)C(=O)OCc1ccccc1. The van der Waals surface area contributed by atoms with Crippen LogP contribution >= 0.6 is 0 Å². The van der Waals surface area contributed by atoms with E-state index >= 15 is 0 Å². The summed E-state index contributed by atoms with van der Waals surface area (Å²) in [6.45, 7) is 11.8. The monoisotopic (exact) mass is 438 g/mol. The Morgan fingerprint density at radius 2 is 1.63 bits per heavy atom. The highest BCUT2D eigenvalue weighted by atomic mass is 28.3. The van der Waals surface area contributed by atoms with Gasteiger partial charge in [-0.15, -0.1) is 0 Å². The molecule has 168 valence electrons. The standard InChI is InChI=1S/C21H34N2O6Si/c1-21(2,3)29-20(26)23-17(14-22-19(25)27-12-13-30(4,5)6)18(24)28-15-16-10-8-7-9-11-16/h7-11,17H,12-15H2,1-6H3,(H,22,25)(H,23,26)/t17-/m1/s1. The number of benzene rings is 1. The Hall–Kier alpha value is -2.55. The number of carbonyl (C=O) groups excluding carboxylic acids is 3. The molecule has 0 aliphatic rings. The number of alkyl carbamates (subject to hydrolysis) is 2. The highest BCUT2D eigenvalue weighted by Crippen LogP contribution is 2.09. The fourth-order valence-corrected chi connectivity index (χ4v) is 2.87. The van der Waals surface area contributed by atoms with Crippen LogP contribution in [-0.2, 0) is 25.6 Å². The number of nitrogens with one attached hydrogen (secondary N) is 2. The van der Waals surface area contributed by atoms with Gasteiger partial charge in [-0.1, -0.05) is 50.0 Å². The number of hydrogen-bond acceptors (Lipinski definition) is 6. The minimum absolute atomic E-state index is 0.0484. The van der Waals surface area contributed by atoms with Crippen molar-refractivity contribution in [3.05, 3.63) is 35.9 Å². The maximum atomic E-state index is 12.5. The lowest BCUT2D eigenvalue weighted by molar-refractivity contribution is -0.147. The number of hydrogen-bond donors (Lipinski definition) is 2. The van der Waals surface area contributed by atoms with Crippen molar-refractivity contribution in [2.75, 3.05) is 13.2 Å². The Morgan fingerprint density at radius 3 is 2.20 bits per heavy atom. The first-order valence-corrected chi connectivity index (χ1v) is 13.7. The largest absolute Gasteiger partial charge is 0.459 e. The summed E-state index contributed by atoms with van der Waals surface area (Å²) in [7, 11) is -1.33. The number of ether oxygens (including phenoxy) is 3. The summed E-state index contributed by atoms with van der Waals surface area (Å²) in [6.07, 6.45) is -1.43. The Morgan fingerprint density at radius 1 is 1.00 bits per heavy atom. The molecule has 30 heavy (non-hydrogen) atoms. The molecular formula is C21H34N2O6Si. The van der Waals surface area contributed by atoms with Crippen molar-refractivity contribution >= 4 is 26.2 Å². The molecule has 1 rings (SSSR count). The number of esters is 1. The molecular weight excluding hydrogens is 404 g/mol. The van der Waals surface area contributed by atoms with Crippen LogP contribution in [0.4, 0.5) is 9.59 Å². The molecule has 2 amide bonds.